The molecule has 3 heteroatoms. The molecule has 96 valence electrons. The molecule has 0 saturated heterocycles. The van der Waals surface area contributed by atoms with Gasteiger partial charge in [0.05, 0.1) is 19.3 Å². The molecule has 1 heterocycles. The maximum Gasteiger partial charge on any atom is 0.0658 e. The average molecular weight is 228 g/mol. The lowest BCUT2D eigenvalue weighted by molar-refractivity contribution is 0.183. The Morgan fingerprint density at radius 2 is 1.81 bits per heavy atom. The Balaban J connectivity index is 0. The van der Waals surface area contributed by atoms with E-state index in [0.717, 1.165) is 19.6 Å². The lowest BCUT2D eigenvalue weighted by Gasteiger charge is -2.03. The van der Waals surface area contributed by atoms with E-state index < -0.39 is 0 Å². The first kappa shape index (κ1) is 17.6. The van der Waals surface area contributed by atoms with E-state index in [9.17, 15) is 0 Å². The topological polar surface area (TPSA) is 27.1 Å². The van der Waals surface area contributed by atoms with Crippen LogP contribution in [0.5, 0.6) is 0 Å². The van der Waals surface area contributed by atoms with E-state index >= 15 is 0 Å². The molecule has 3 nitrogen and oxygen atoms in total. The maximum absolute atomic E-state index is 4.98. The molecule has 0 aliphatic rings. The summed E-state index contributed by atoms with van der Waals surface area (Å²) < 4.78 is 6.97. The third kappa shape index (κ3) is 5.91. The van der Waals surface area contributed by atoms with Crippen molar-refractivity contribution in [3.05, 3.63) is 17.5 Å². The van der Waals surface area contributed by atoms with Gasteiger partial charge < -0.3 is 4.74 Å². The molecule has 0 aromatic carbocycles. The van der Waals surface area contributed by atoms with Crippen molar-refractivity contribution < 1.29 is 4.74 Å². The van der Waals surface area contributed by atoms with Gasteiger partial charge in [-0.2, -0.15) is 5.10 Å². The molecule has 0 radical (unpaired) electrons. The molecule has 0 unspecified atom stereocenters. The van der Waals surface area contributed by atoms with Crippen LogP contribution < -0.4 is 0 Å². The summed E-state index contributed by atoms with van der Waals surface area (Å²) in [6.07, 6.45) is 2.99. The highest BCUT2D eigenvalue weighted by Gasteiger charge is 2.02. The fourth-order valence-electron chi connectivity index (χ4n) is 1.24. The number of aromatic nitrogens is 2. The summed E-state index contributed by atoms with van der Waals surface area (Å²) >= 11 is 0. The number of methoxy groups -OCH3 is 1. The number of hydrogen-bond acceptors (Lipinski definition) is 2. The van der Waals surface area contributed by atoms with Crippen molar-refractivity contribution in [1.82, 2.24) is 9.78 Å². The zero-order chi connectivity index (χ0) is 13.0. The average Bonchev–Trinajstić information content (AvgIpc) is 2.72. The maximum atomic E-state index is 4.98. The number of hydrogen-bond donors (Lipinski definition) is 0. The molecule has 0 amide bonds. The summed E-state index contributed by atoms with van der Waals surface area (Å²) in [6.45, 7) is 13.8. The smallest absolute Gasteiger partial charge is 0.0658 e. The van der Waals surface area contributed by atoms with Gasteiger partial charge in [0, 0.05) is 12.8 Å². The fourth-order valence-corrected chi connectivity index (χ4v) is 1.24. The van der Waals surface area contributed by atoms with Crippen molar-refractivity contribution >= 4 is 0 Å². The Hall–Kier alpha value is -0.830. The van der Waals surface area contributed by atoms with Gasteiger partial charge in [0.1, 0.15) is 0 Å². The molecule has 0 aliphatic carbocycles. The van der Waals surface area contributed by atoms with Gasteiger partial charge in [0.2, 0.25) is 0 Å². The molecule has 0 saturated carbocycles. The van der Waals surface area contributed by atoms with Crippen molar-refractivity contribution in [3.8, 4) is 0 Å². The van der Waals surface area contributed by atoms with Crippen LogP contribution in [0.2, 0.25) is 0 Å². The van der Waals surface area contributed by atoms with Gasteiger partial charge >= 0.3 is 0 Å². The van der Waals surface area contributed by atoms with Gasteiger partial charge in [0.25, 0.3) is 0 Å². The van der Waals surface area contributed by atoms with Crippen molar-refractivity contribution in [2.24, 2.45) is 0 Å². The summed E-state index contributed by atoms with van der Waals surface area (Å²) in [4.78, 5) is 0. The minimum absolute atomic E-state index is 0.728. The van der Waals surface area contributed by atoms with Crippen LogP contribution in [-0.2, 0) is 17.7 Å². The van der Waals surface area contributed by atoms with Crippen LogP contribution in [0.1, 0.15) is 45.9 Å². The van der Waals surface area contributed by atoms with E-state index in [-0.39, 0.29) is 0 Å². The molecule has 0 aliphatic heterocycles. The Bertz CT molecular complexity index is 244. The second-order valence-electron chi connectivity index (χ2n) is 2.82. The van der Waals surface area contributed by atoms with Gasteiger partial charge in [-0.1, -0.05) is 34.6 Å². The first-order valence-electron chi connectivity index (χ1n) is 6.29. The van der Waals surface area contributed by atoms with Crippen LogP contribution >= 0.6 is 0 Å². The molecule has 0 atom stereocenters. The molecule has 0 bridgehead atoms. The number of rotatable bonds is 4. The molecule has 0 spiro atoms. The lowest BCUT2D eigenvalue weighted by atomic mass is 10.2. The third-order valence-electron chi connectivity index (χ3n) is 2.09. The molecule has 1 aromatic heterocycles. The van der Waals surface area contributed by atoms with E-state index in [1.54, 1.807) is 7.11 Å². The molecule has 0 N–H and O–H groups in total. The second-order valence-corrected chi connectivity index (χ2v) is 2.82. The third-order valence-corrected chi connectivity index (χ3v) is 2.09. The number of nitrogens with zero attached hydrogens (tertiary/aromatic N) is 2. The largest absolute Gasteiger partial charge is 0.383 e. The molecular weight excluding hydrogens is 200 g/mol. The molecule has 0 fully saturated rings. The highest BCUT2D eigenvalue weighted by atomic mass is 16.5. The van der Waals surface area contributed by atoms with Gasteiger partial charge in [0.15, 0.2) is 0 Å². The van der Waals surface area contributed by atoms with Crippen LogP contribution in [0.25, 0.3) is 0 Å². The summed E-state index contributed by atoms with van der Waals surface area (Å²) in [5.41, 5.74) is 2.58. The molecule has 1 rings (SSSR count). The molecular formula is C13H28N2O. The highest BCUT2D eigenvalue weighted by molar-refractivity contribution is 5.15. The van der Waals surface area contributed by atoms with Crippen molar-refractivity contribution in [3.63, 3.8) is 0 Å². The Labute approximate surface area is 101 Å². The monoisotopic (exact) mass is 228 g/mol. The fraction of sp³-hybridized carbons (Fsp3) is 0.769. The first-order valence-corrected chi connectivity index (χ1v) is 6.29. The molecule has 1 aromatic rings. The Morgan fingerprint density at radius 3 is 2.19 bits per heavy atom. The zero-order valence-corrected chi connectivity index (χ0v) is 12.0. The van der Waals surface area contributed by atoms with Crippen molar-refractivity contribution in [2.75, 3.05) is 13.7 Å². The summed E-state index contributed by atoms with van der Waals surface area (Å²) in [7, 11) is 1.71. The number of ether oxygens (including phenoxy) is 1. The van der Waals surface area contributed by atoms with Crippen LogP contribution in [-0.4, -0.2) is 23.5 Å². The van der Waals surface area contributed by atoms with Gasteiger partial charge in [-0.25, -0.2) is 0 Å². The normalized spacial score (nSPS) is 8.69. The van der Waals surface area contributed by atoms with E-state index in [2.05, 4.69) is 18.9 Å². The minimum atomic E-state index is 0.728. The van der Waals surface area contributed by atoms with E-state index in [1.807, 2.05) is 38.6 Å². The first-order chi connectivity index (χ1) is 7.79. The Morgan fingerprint density at radius 1 is 1.25 bits per heavy atom. The number of aryl methyl sites for hydroxylation is 1. The van der Waals surface area contributed by atoms with Crippen LogP contribution in [0.3, 0.4) is 0 Å². The van der Waals surface area contributed by atoms with Gasteiger partial charge in [-0.15, -0.1) is 0 Å². The molecule has 16 heavy (non-hydrogen) atoms. The standard InChI is InChI=1S/C9H16N2O.2C2H6/c1-4-9-7-10-11(8(9)2)5-6-12-3;2*1-2/h7H,4-6H2,1-3H3;2*1-2H3. The van der Waals surface area contributed by atoms with Crippen LogP contribution in [0.15, 0.2) is 6.20 Å². The zero-order valence-electron chi connectivity index (χ0n) is 12.0. The quantitative estimate of drug-likeness (QED) is 0.789. The second kappa shape index (κ2) is 12.2. The summed E-state index contributed by atoms with van der Waals surface area (Å²) in [5, 5.41) is 4.26. The van der Waals surface area contributed by atoms with Crippen molar-refractivity contribution in [1.29, 1.82) is 0 Å². The van der Waals surface area contributed by atoms with Gasteiger partial charge in [-0.3, -0.25) is 4.68 Å². The van der Waals surface area contributed by atoms with Crippen molar-refractivity contribution in [2.45, 2.75) is 54.5 Å². The highest BCUT2D eigenvalue weighted by Crippen LogP contribution is 2.06. The SMILES string of the molecule is CC.CC.CCc1cnn(CCOC)c1C. The Kier molecular flexibility index (Phi) is 13.4. The predicted octanol–water partition coefficient (Wildman–Crippen LogP) is 3.45. The predicted molar refractivity (Wildman–Crippen MR) is 70.9 cm³/mol. The van der Waals surface area contributed by atoms with E-state index in [1.165, 1.54) is 11.3 Å². The lowest BCUT2D eigenvalue weighted by Crippen LogP contribution is -2.07. The van der Waals surface area contributed by atoms with Crippen LogP contribution in [0.4, 0.5) is 0 Å². The van der Waals surface area contributed by atoms with E-state index in [4.69, 9.17) is 4.74 Å². The van der Waals surface area contributed by atoms with Crippen LogP contribution in [0, 0.1) is 6.92 Å². The van der Waals surface area contributed by atoms with E-state index in [0.29, 0.717) is 0 Å². The minimum Gasteiger partial charge on any atom is -0.383 e. The van der Waals surface area contributed by atoms with Gasteiger partial charge in [-0.05, 0) is 18.9 Å². The summed E-state index contributed by atoms with van der Waals surface area (Å²) in [6, 6.07) is 0. The summed E-state index contributed by atoms with van der Waals surface area (Å²) in [5.74, 6) is 0.